The van der Waals surface area contributed by atoms with Crippen molar-refractivity contribution in [2.24, 2.45) is 5.92 Å². The van der Waals surface area contributed by atoms with Gasteiger partial charge in [0.2, 0.25) is 5.91 Å². The van der Waals surface area contributed by atoms with Gasteiger partial charge in [-0.2, -0.15) is 0 Å². The van der Waals surface area contributed by atoms with Crippen LogP contribution >= 0.6 is 11.6 Å². The van der Waals surface area contributed by atoms with Crippen molar-refractivity contribution < 1.29 is 13.9 Å². The molecule has 1 aromatic rings. The van der Waals surface area contributed by atoms with E-state index in [-0.39, 0.29) is 29.0 Å². The number of ether oxygens (including phenoxy) is 1. The third kappa shape index (κ3) is 5.16. The Morgan fingerprint density at radius 2 is 2.09 bits per heavy atom. The van der Waals surface area contributed by atoms with E-state index in [1.807, 2.05) is 0 Å². The summed E-state index contributed by atoms with van der Waals surface area (Å²) in [6.07, 6.45) is -0.0422. The van der Waals surface area contributed by atoms with E-state index in [4.69, 9.17) is 16.3 Å². The Balaban J connectivity index is 1.91. The normalized spacial score (nSPS) is 17.3. The van der Waals surface area contributed by atoms with Crippen LogP contribution in [0, 0.1) is 11.7 Å². The molecule has 1 atom stereocenters. The van der Waals surface area contributed by atoms with E-state index in [1.54, 1.807) is 6.07 Å². The minimum Gasteiger partial charge on any atom is -0.379 e. The molecular formula is C17H24ClFN2O2. The molecular weight excluding hydrogens is 319 g/mol. The van der Waals surface area contributed by atoms with Gasteiger partial charge in [-0.05, 0) is 18.1 Å². The molecule has 1 heterocycles. The van der Waals surface area contributed by atoms with E-state index in [0.717, 1.165) is 26.3 Å². The molecule has 128 valence electrons. The van der Waals surface area contributed by atoms with Gasteiger partial charge in [0.1, 0.15) is 5.82 Å². The van der Waals surface area contributed by atoms with Gasteiger partial charge < -0.3 is 10.1 Å². The highest BCUT2D eigenvalue weighted by molar-refractivity contribution is 6.31. The number of hydrogen-bond donors (Lipinski definition) is 1. The summed E-state index contributed by atoms with van der Waals surface area (Å²) in [6, 6.07) is 4.70. The quantitative estimate of drug-likeness (QED) is 0.863. The first-order chi connectivity index (χ1) is 11.0. The number of hydrogen-bond acceptors (Lipinski definition) is 3. The summed E-state index contributed by atoms with van der Waals surface area (Å²) in [5, 5.41) is 3.20. The number of morpholine rings is 1. The van der Waals surface area contributed by atoms with Crippen molar-refractivity contribution >= 4 is 17.5 Å². The van der Waals surface area contributed by atoms with E-state index >= 15 is 0 Å². The minimum atomic E-state index is -0.443. The summed E-state index contributed by atoms with van der Waals surface area (Å²) in [4.78, 5) is 14.5. The van der Waals surface area contributed by atoms with Crippen LogP contribution in [0.4, 0.5) is 4.39 Å². The molecule has 1 amide bonds. The summed E-state index contributed by atoms with van der Waals surface area (Å²) in [5.74, 6) is -0.248. The summed E-state index contributed by atoms with van der Waals surface area (Å²) >= 11 is 5.97. The molecule has 1 aromatic carbocycles. The van der Waals surface area contributed by atoms with Crippen molar-refractivity contribution in [1.29, 1.82) is 0 Å². The smallest absolute Gasteiger partial charge is 0.224 e. The van der Waals surface area contributed by atoms with Crippen molar-refractivity contribution in [2.45, 2.75) is 26.3 Å². The lowest BCUT2D eigenvalue weighted by Gasteiger charge is -2.36. The Kier molecular flexibility index (Phi) is 6.81. The van der Waals surface area contributed by atoms with Gasteiger partial charge in [0, 0.05) is 36.3 Å². The third-order valence-electron chi connectivity index (χ3n) is 4.19. The average Bonchev–Trinajstić information content (AvgIpc) is 2.52. The summed E-state index contributed by atoms with van der Waals surface area (Å²) in [5.41, 5.74) is 0.249. The lowest BCUT2D eigenvalue weighted by molar-refractivity contribution is -0.120. The van der Waals surface area contributed by atoms with Gasteiger partial charge in [-0.15, -0.1) is 0 Å². The number of amides is 1. The summed E-state index contributed by atoms with van der Waals surface area (Å²) in [6.45, 7) is 8.02. The first kappa shape index (κ1) is 18.2. The molecule has 1 aliphatic heterocycles. The highest BCUT2D eigenvalue weighted by atomic mass is 35.5. The predicted octanol–water partition coefficient (Wildman–Crippen LogP) is 2.49. The molecule has 1 saturated heterocycles. The number of nitrogens with zero attached hydrogens (tertiary/aromatic N) is 1. The number of rotatable bonds is 6. The topological polar surface area (TPSA) is 41.6 Å². The molecule has 2 rings (SSSR count). The summed E-state index contributed by atoms with van der Waals surface area (Å²) < 4.78 is 19.1. The number of benzene rings is 1. The molecule has 0 spiro atoms. The number of nitrogens with one attached hydrogen (secondary N) is 1. The number of halogens is 2. The fourth-order valence-electron chi connectivity index (χ4n) is 2.84. The van der Waals surface area contributed by atoms with Gasteiger partial charge in [-0.25, -0.2) is 4.39 Å². The van der Waals surface area contributed by atoms with E-state index in [2.05, 4.69) is 24.1 Å². The van der Waals surface area contributed by atoms with Crippen LogP contribution < -0.4 is 5.32 Å². The fraction of sp³-hybridized carbons (Fsp3) is 0.588. The van der Waals surface area contributed by atoms with Crippen LogP contribution in [0.3, 0.4) is 0 Å². The molecule has 1 aliphatic rings. The molecule has 6 heteroatoms. The first-order valence-corrected chi connectivity index (χ1v) is 8.38. The Morgan fingerprint density at radius 1 is 1.39 bits per heavy atom. The Hall–Kier alpha value is -1.17. The molecule has 23 heavy (non-hydrogen) atoms. The average molecular weight is 343 g/mol. The molecule has 1 N–H and O–H groups in total. The molecule has 0 aliphatic carbocycles. The van der Waals surface area contributed by atoms with E-state index in [1.165, 1.54) is 12.1 Å². The van der Waals surface area contributed by atoms with Crippen molar-refractivity contribution in [1.82, 2.24) is 10.2 Å². The molecule has 0 unspecified atom stereocenters. The second-order valence-electron chi connectivity index (χ2n) is 6.14. The summed E-state index contributed by atoms with van der Waals surface area (Å²) in [7, 11) is 0. The third-order valence-corrected chi connectivity index (χ3v) is 4.55. The molecule has 0 radical (unpaired) electrons. The van der Waals surface area contributed by atoms with E-state index < -0.39 is 5.82 Å². The number of carbonyl (C=O) groups is 1. The monoisotopic (exact) mass is 342 g/mol. The van der Waals surface area contributed by atoms with Gasteiger partial charge >= 0.3 is 0 Å². The van der Waals surface area contributed by atoms with Crippen molar-refractivity contribution in [3.63, 3.8) is 0 Å². The highest BCUT2D eigenvalue weighted by Gasteiger charge is 2.24. The maximum Gasteiger partial charge on any atom is 0.224 e. The van der Waals surface area contributed by atoms with Crippen LogP contribution in [0.25, 0.3) is 0 Å². The highest BCUT2D eigenvalue weighted by Crippen LogP contribution is 2.19. The van der Waals surface area contributed by atoms with E-state index in [0.29, 0.717) is 12.5 Å². The van der Waals surface area contributed by atoms with Crippen LogP contribution in [0.15, 0.2) is 18.2 Å². The van der Waals surface area contributed by atoms with Crippen LogP contribution in [0.5, 0.6) is 0 Å². The SMILES string of the molecule is CC(C)[C@@H](CNC(=O)Cc1c(F)cccc1Cl)N1CCOCC1. The van der Waals surface area contributed by atoms with Crippen LogP contribution in [0.1, 0.15) is 19.4 Å². The molecule has 0 aromatic heterocycles. The fourth-order valence-corrected chi connectivity index (χ4v) is 3.07. The zero-order valence-corrected chi connectivity index (χ0v) is 14.4. The second kappa shape index (κ2) is 8.62. The van der Waals surface area contributed by atoms with Gasteiger partial charge in [0.25, 0.3) is 0 Å². The maximum atomic E-state index is 13.7. The zero-order chi connectivity index (χ0) is 16.8. The Labute approximate surface area is 141 Å². The molecule has 0 saturated carbocycles. The lowest BCUT2D eigenvalue weighted by atomic mass is 10.0. The Morgan fingerprint density at radius 3 is 2.70 bits per heavy atom. The first-order valence-electron chi connectivity index (χ1n) is 8.00. The van der Waals surface area contributed by atoms with Crippen molar-refractivity contribution in [3.8, 4) is 0 Å². The van der Waals surface area contributed by atoms with Gasteiger partial charge in [0.15, 0.2) is 0 Å². The number of carbonyl (C=O) groups excluding carboxylic acids is 1. The van der Waals surface area contributed by atoms with E-state index in [9.17, 15) is 9.18 Å². The van der Waals surface area contributed by atoms with Gasteiger partial charge in [-0.3, -0.25) is 9.69 Å². The second-order valence-corrected chi connectivity index (χ2v) is 6.55. The van der Waals surface area contributed by atoms with Gasteiger partial charge in [-0.1, -0.05) is 31.5 Å². The van der Waals surface area contributed by atoms with Crippen LogP contribution in [0.2, 0.25) is 5.02 Å². The standard InChI is InChI=1S/C17H24ClFN2O2/c1-12(2)16(21-6-8-23-9-7-21)11-20-17(22)10-13-14(18)4-3-5-15(13)19/h3-5,12,16H,6-11H2,1-2H3,(H,20,22)/t16-/m1/s1. The molecule has 4 nitrogen and oxygen atoms in total. The largest absolute Gasteiger partial charge is 0.379 e. The van der Waals surface area contributed by atoms with Crippen molar-refractivity contribution in [3.05, 3.63) is 34.6 Å². The zero-order valence-electron chi connectivity index (χ0n) is 13.6. The molecule has 1 fully saturated rings. The van der Waals surface area contributed by atoms with Crippen molar-refractivity contribution in [2.75, 3.05) is 32.8 Å². The van der Waals surface area contributed by atoms with Crippen LogP contribution in [-0.4, -0.2) is 49.7 Å². The lowest BCUT2D eigenvalue weighted by Crippen LogP contribution is -2.51. The Bertz CT molecular complexity index is 513. The minimum absolute atomic E-state index is 0.0422. The predicted molar refractivity (Wildman–Crippen MR) is 89.1 cm³/mol. The van der Waals surface area contributed by atoms with Crippen LogP contribution in [-0.2, 0) is 16.0 Å². The maximum absolute atomic E-state index is 13.7. The molecule has 0 bridgehead atoms. The van der Waals surface area contributed by atoms with Gasteiger partial charge in [0.05, 0.1) is 19.6 Å².